The maximum Gasteiger partial charge on any atom is 0.340 e. The lowest BCUT2D eigenvalue weighted by Gasteiger charge is -2.11. The van der Waals surface area contributed by atoms with Crippen molar-refractivity contribution in [3.63, 3.8) is 0 Å². The molecule has 148 valence electrons. The highest BCUT2D eigenvalue weighted by Crippen LogP contribution is 2.28. The highest BCUT2D eigenvalue weighted by molar-refractivity contribution is 9.11. The first-order chi connectivity index (χ1) is 13.9. The summed E-state index contributed by atoms with van der Waals surface area (Å²) in [5.74, 6) is -0.445. The molecule has 0 bridgehead atoms. The average molecular weight is 493 g/mol. The number of hydrogen-bond acceptors (Lipinski definition) is 7. The van der Waals surface area contributed by atoms with Crippen LogP contribution in [0.2, 0.25) is 0 Å². The Hall–Kier alpha value is -2.69. The van der Waals surface area contributed by atoms with E-state index in [9.17, 15) is 13.2 Å². The molecule has 0 fully saturated rings. The number of ether oxygens (including phenoxy) is 1. The van der Waals surface area contributed by atoms with Gasteiger partial charge in [-0.05, 0) is 52.3 Å². The largest absolute Gasteiger partial charge is 0.452 e. The van der Waals surface area contributed by atoms with Crippen molar-refractivity contribution in [2.24, 2.45) is 0 Å². The van der Waals surface area contributed by atoms with Crippen LogP contribution in [0.5, 0.6) is 0 Å². The summed E-state index contributed by atoms with van der Waals surface area (Å²) in [5.41, 5.74) is 1.46. The molecule has 0 unspecified atom stereocenters. The summed E-state index contributed by atoms with van der Waals surface area (Å²) in [6.07, 6.45) is 0. The van der Waals surface area contributed by atoms with Crippen molar-refractivity contribution in [1.29, 1.82) is 0 Å². The van der Waals surface area contributed by atoms with Gasteiger partial charge < -0.3 is 9.15 Å². The van der Waals surface area contributed by atoms with Crippen molar-refractivity contribution in [2.75, 3.05) is 4.72 Å². The molecule has 0 amide bonds. The lowest BCUT2D eigenvalue weighted by Crippen LogP contribution is -2.15. The van der Waals surface area contributed by atoms with Crippen molar-refractivity contribution < 1.29 is 22.4 Å². The number of sulfonamides is 1. The monoisotopic (exact) mass is 492 g/mol. The first-order valence-electron chi connectivity index (χ1n) is 8.31. The molecule has 0 aliphatic heterocycles. The lowest BCUT2D eigenvalue weighted by atomic mass is 10.2. The fourth-order valence-corrected chi connectivity index (χ4v) is 5.66. The van der Waals surface area contributed by atoms with E-state index >= 15 is 0 Å². The normalized spacial score (nSPS) is 11.5. The second-order valence-corrected chi connectivity index (χ2v) is 10.2. The quantitative estimate of drug-likeness (QED) is 0.387. The molecule has 0 aliphatic rings. The molecule has 29 heavy (non-hydrogen) atoms. The summed E-state index contributed by atoms with van der Waals surface area (Å²) in [6, 6.07) is 16.5. The van der Waals surface area contributed by atoms with Gasteiger partial charge in [-0.25, -0.2) is 18.2 Å². The van der Waals surface area contributed by atoms with Crippen LogP contribution in [0.25, 0.3) is 11.1 Å². The Morgan fingerprint density at radius 1 is 1.10 bits per heavy atom. The maximum atomic E-state index is 12.6. The Morgan fingerprint density at radius 2 is 1.86 bits per heavy atom. The van der Waals surface area contributed by atoms with Gasteiger partial charge in [0, 0.05) is 0 Å². The number of anilines is 1. The highest BCUT2D eigenvalue weighted by Gasteiger charge is 2.21. The predicted molar refractivity (Wildman–Crippen MR) is 112 cm³/mol. The number of para-hydroxylation sites is 3. The highest BCUT2D eigenvalue weighted by atomic mass is 79.9. The van der Waals surface area contributed by atoms with Gasteiger partial charge in [0.1, 0.15) is 9.73 Å². The minimum absolute atomic E-state index is 0.0859. The summed E-state index contributed by atoms with van der Waals surface area (Å²) < 4.78 is 39.2. The van der Waals surface area contributed by atoms with E-state index in [4.69, 9.17) is 9.15 Å². The number of oxazole rings is 1. The van der Waals surface area contributed by atoms with E-state index in [1.807, 2.05) is 12.1 Å². The van der Waals surface area contributed by atoms with Gasteiger partial charge in [-0.2, -0.15) is 0 Å². The van der Waals surface area contributed by atoms with Crippen LogP contribution in [-0.4, -0.2) is 19.4 Å². The summed E-state index contributed by atoms with van der Waals surface area (Å²) in [6.45, 7) is -0.174. The number of benzene rings is 2. The van der Waals surface area contributed by atoms with Crippen LogP contribution in [0.15, 0.2) is 73.1 Å². The number of esters is 1. The van der Waals surface area contributed by atoms with E-state index < -0.39 is 16.0 Å². The fraction of sp³-hybridized carbons (Fsp3) is 0.0526. The van der Waals surface area contributed by atoms with Crippen LogP contribution >= 0.6 is 27.3 Å². The Balaban J connectivity index is 1.52. The van der Waals surface area contributed by atoms with E-state index in [0.29, 0.717) is 14.9 Å². The number of carbonyl (C=O) groups is 1. The van der Waals surface area contributed by atoms with Crippen molar-refractivity contribution in [3.8, 4) is 0 Å². The van der Waals surface area contributed by atoms with Crippen LogP contribution < -0.4 is 4.72 Å². The Labute approximate surface area is 178 Å². The summed E-state index contributed by atoms with van der Waals surface area (Å²) in [4.78, 5) is 16.8. The van der Waals surface area contributed by atoms with Gasteiger partial charge >= 0.3 is 5.97 Å². The zero-order valence-electron chi connectivity index (χ0n) is 14.7. The van der Waals surface area contributed by atoms with Crippen LogP contribution in [-0.2, 0) is 21.4 Å². The van der Waals surface area contributed by atoms with Crippen LogP contribution in [0.3, 0.4) is 0 Å². The van der Waals surface area contributed by atoms with Crippen LogP contribution in [0.4, 0.5) is 5.69 Å². The molecule has 0 saturated carbocycles. The molecule has 0 aliphatic carbocycles. The zero-order valence-corrected chi connectivity index (χ0v) is 17.9. The zero-order chi connectivity index (χ0) is 20.4. The van der Waals surface area contributed by atoms with E-state index in [1.165, 1.54) is 18.2 Å². The third-order valence-electron chi connectivity index (χ3n) is 3.87. The van der Waals surface area contributed by atoms with E-state index in [2.05, 4.69) is 25.6 Å². The number of halogens is 1. The van der Waals surface area contributed by atoms with Crippen molar-refractivity contribution in [3.05, 3.63) is 75.9 Å². The van der Waals surface area contributed by atoms with Crippen LogP contribution in [0, 0.1) is 0 Å². The number of rotatable bonds is 6. The Kier molecular flexibility index (Phi) is 5.39. The van der Waals surface area contributed by atoms with Gasteiger partial charge in [0.25, 0.3) is 10.0 Å². The molecule has 0 saturated heterocycles. The fourth-order valence-electron chi connectivity index (χ4n) is 2.57. The number of aromatic nitrogens is 1. The molecule has 0 spiro atoms. The summed E-state index contributed by atoms with van der Waals surface area (Å²) in [7, 11) is -3.83. The van der Waals surface area contributed by atoms with Crippen molar-refractivity contribution >= 4 is 60.0 Å². The number of fused-ring (bicyclic) bond motifs is 1. The topological polar surface area (TPSA) is 98.5 Å². The third kappa shape index (κ3) is 4.34. The van der Waals surface area contributed by atoms with Crippen LogP contribution in [0.1, 0.15) is 16.2 Å². The average Bonchev–Trinajstić information content (AvgIpc) is 3.32. The van der Waals surface area contributed by atoms with Gasteiger partial charge in [0.2, 0.25) is 5.89 Å². The second-order valence-electron chi connectivity index (χ2n) is 5.86. The SMILES string of the molecule is O=C(OCc1nc2ccccc2o1)c1ccccc1NS(=O)(=O)c1ccc(Br)s1. The molecule has 0 atom stereocenters. The third-order valence-corrected chi connectivity index (χ3v) is 7.35. The molecule has 2 aromatic heterocycles. The number of nitrogens with zero attached hydrogens (tertiary/aromatic N) is 1. The molecule has 0 radical (unpaired) electrons. The van der Waals surface area contributed by atoms with E-state index in [-0.39, 0.29) is 28.0 Å². The minimum Gasteiger partial charge on any atom is -0.452 e. The molecule has 4 aromatic rings. The molecule has 1 N–H and O–H groups in total. The molecular formula is C19H13BrN2O5S2. The molecular weight excluding hydrogens is 480 g/mol. The lowest BCUT2D eigenvalue weighted by molar-refractivity contribution is 0.0441. The number of carbonyl (C=O) groups excluding carboxylic acids is 1. The number of hydrogen-bond donors (Lipinski definition) is 1. The molecule has 2 aromatic carbocycles. The van der Waals surface area contributed by atoms with Crippen molar-refractivity contribution in [2.45, 2.75) is 10.8 Å². The minimum atomic E-state index is -3.83. The number of nitrogens with one attached hydrogen (secondary N) is 1. The molecule has 2 heterocycles. The van der Waals surface area contributed by atoms with E-state index in [0.717, 1.165) is 11.3 Å². The Morgan fingerprint density at radius 3 is 2.62 bits per heavy atom. The van der Waals surface area contributed by atoms with Gasteiger partial charge in [0.05, 0.1) is 15.0 Å². The smallest absolute Gasteiger partial charge is 0.340 e. The van der Waals surface area contributed by atoms with Gasteiger partial charge in [-0.1, -0.05) is 24.3 Å². The maximum absolute atomic E-state index is 12.6. The van der Waals surface area contributed by atoms with Gasteiger partial charge in [0.15, 0.2) is 12.2 Å². The first-order valence-corrected chi connectivity index (χ1v) is 11.4. The summed E-state index contributed by atoms with van der Waals surface area (Å²) >= 11 is 4.31. The second kappa shape index (κ2) is 7.97. The first kappa shape index (κ1) is 19.6. The molecule has 7 nitrogen and oxygen atoms in total. The number of thiophene rings is 1. The van der Waals surface area contributed by atoms with Crippen molar-refractivity contribution in [1.82, 2.24) is 4.98 Å². The predicted octanol–water partition coefficient (Wildman–Crippen LogP) is 4.81. The molecule has 10 heteroatoms. The summed E-state index contributed by atoms with van der Waals surface area (Å²) in [5, 5.41) is 0. The van der Waals surface area contributed by atoms with E-state index in [1.54, 1.807) is 30.3 Å². The standard InChI is InChI=1S/C19H13BrN2O5S2/c20-16-9-10-18(28-16)29(24,25)22-13-6-2-1-5-12(13)19(23)26-11-17-21-14-7-3-4-8-15(14)27-17/h1-10,22H,11H2. The van der Waals surface area contributed by atoms with Gasteiger partial charge in [-0.3, -0.25) is 4.72 Å². The van der Waals surface area contributed by atoms with Gasteiger partial charge in [-0.15, -0.1) is 11.3 Å². The Bertz CT molecular complexity index is 1260. The molecule has 4 rings (SSSR count).